The third kappa shape index (κ3) is 14.1. The lowest BCUT2D eigenvalue weighted by Crippen LogP contribution is -3.00. The van der Waals surface area contributed by atoms with E-state index >= 15 is 0 Å². The van der Waals surface area contributed by atoms with Crippen molar-refractivity contribution in [3.05, 3.63) is 210 Å². The first-order valence-electron chi connectivity index (χ1n) is 17.4. The van der Waals surface area contributed by atoms with Crippen molar-refractivity contribution in [1.29, 1.82) is 0 Å². The van der Waals surface area contributed by atoms with E-state index in [0.717, 1.165) is 51.0 Å². The van der Waals surface area contributed by atoms with Crippen molar-refractivity contribution in [1.82, 2.24) is 0 Å². The van der Waals surface area contributed by atoms with Crippen molar-refractivity contribution in [2.45, 2.75) is 6.92 Å². The fourth-order valence-electron chi connectivity index (χ4n) is 5.73. The maximum Gasteiger partial charge on any atom is 0.762 e. The molecule has 2 aliphatic heterocycles. The first kappa shape index (κ1) is 45.6. The lowest BCUT2D eigenvalue weighted by Gasteiger charge is -2.18. The number of rotatable bonds is 5. The average Bonchev–Trinajstić information content (AvgIpc) is 3.64. The number of allylic oxidation sites excluding steroid dienone is 6. The molecule has 2 aliphatic rings. The zero-order valence-corrected chi connectivity index (χ0v) is 30.9. The van der Waals surface area contributed by atoms with Crippen LogP contribution in [0.25, 0.3) is 39.4 Å². The molecule has 0 bridgehead atoms. The Bertz CT molecular complexity index is 2250. The Morgan fingerprint density at radius 1 is 0.534 bits per heavy atom. The topological polar surface area (TPSA) is 34.5 Å². The summed E-state index contributed by atoms with van der Waals surface area (Å²) >= 11 is 0. The summed E-state index contributed by atoms with van der Waals surface area (Å²) in [5, 5.41) is 0. The van der Waals surface area contributed by atoms with Gasteiger partial charge in [-0.1, -0.05) is 121 Å². The van der Waals surface area contributed by atoms with Crippen LogP contribution < -0.4 is 14.4 Å². The molecule has 3 heterocycles. The SMILES string of the molecule is C1=[NH+]c2ccccc2C1=CC=C1C=C(c2ccccc2)C=C(c2ccccc2)O1.Cc1cc(-c2ccccc2)cc(-c2ccccc2)[o+]1.FB(F)F.FB(F)F.[F-].[F-]. The normalized spacial score (nSPS) is 13.2. The molecule has 13 heteroatoms. The Morgan fingerprint density at radius 2 is 1.02 bits per heavy atom. The van der Waals surface area contributed by atoms with Gasteiger partial charge in [-0.05, 0) is 59.2 Å². The van der Waals surface area contributed by atoms with Crippen molar-refractivity contribution < 1.29 is 49.4 Å². The number of fused-ring (bicyclic) bond motifs is 1. The molecule has 0 atom stereocenters. The van der Waals surface area contributed by atoms with Crippen LogP contribution in [0.3, 0.4) is 0 Å². The lowest BCUT2D eigenvalue weighted by atomic mass is 10.0. The van der Waals surface area contributed by atoms with Crippen LogP contribution in [-0.2, 0) is 4.74 Å². The standard InChI is InChI=1S/C27H19NO.C18H15O.2BF3.2FH/c1-3-9-20(10-4-1)23-17-24(29-27(18-23)21-11-5-2-6-12-21)16-15-22-19-28-26-14-8-7-13-25(22)26;1-14-12-17(15-8-4-2-5-9-15)13-18(19-14)16-10-6-3-7-11-16;2*2-1(3)4;;/h1-19H;2-13H,1H3;;;2*1H/q;+1;;;;/p-1. The molecule has 6 aromatic rings. The fourth-order valence-corrected chi connectivity index (χ4v) is 5.73. The third-order valence-electron chi connectivity index (χ3n) is 8.11. The van der Waals surface area contributed by atoms with Crippen LogP contribution in [0, 0.1) is 6.92 Å². The summed E-state index contributed by atoms with van der Waals surface area (Å²) in [6.45, 7) is 1.98. The molecule has 0 saturated heterocycles. The summed E-state index contributed by atoms with van der Waals surface area (Å²) in [6, 6.07) is 53.6. The first-order valence-corrected chi connectivity index (χ1v) is 17.4. The summed E-state index contributed by atoms with van der Waals surface area (Å²) in [5.41, 5.74) is 10.3. The third-order valence-corrected chi connectivity index (χ3v) is 8.11. The summed E-state index contributed by atoms with van der Waals surface area (Å²) in [4.78, 5) is 3.32. The van der Waals surface area contributed by atoms with Gasteiger partial charge in [0, 0.05) is 23.3 Å². The van der Waals surface area contributed by atoms with E-state index in [9.17, 15) is 25.9 Å². The van der Waals surface area contributed by atoms with Crippen LogP contribution in [0.4, 0.5) is 31.6 Å². The van der Waals surface area contributed by atoms with Gasteiger partial charge in [-0.3, -0.25) is 25.9 Å². The maximum atomic E-state index is 9.67. The molecule has 0 radical (unpaired) electrons. The molecule has 8 rings (SSSR count). The van der Waals surface area contributed by atoms with E-state index in [2.05, 4.69) is 126 Å². The van der Waals surface area contributed by atoms with Crippen LogP contribution >= 0.6 is 0 Å². The lowest BCUT2D eigenvalue weighted by molar-refractivity contribution is -0.342. The molecule has 1 N–H and O–H groups in total. The van der Waals surface area contributed by atoms with Crippen LogP contribution in [0.2, 0.25) is 0 Å². The molecule has 294 valence electrons. The van der Waals surface area contributed by atoms with Gasteiger partial charge in [0.1, 0.15) is 11.5 Å². The second kappa shape index (κ2) is 23.3. The number of halogens is 8. The van der Waals surface area contributed by atoms with Gasteiger partial charge in [-0.2, -0.15) is 0 Å². The second-order valence-electron chi connectivity index (χ2n) is 12.0. The largest absolute Gasteiger partial charge is 1.00 e. The number of nitrogens with one attached hydrogen (secondary N) is 1. The van der Waals surface area contributed by atoms with Gasteiger partial charge in [0.15, 0.2) is 6.21 Å². The van der Waals surface area contributed by atoms with E-state index < -0.39 is 15.1 Å². The molecule has 3 nitrogen and oxygen atoms in total. The Labute approximate surface area is 332 Å². The first-order chi connectivity index (χ1) is 27.2. The number of aryl methyl sites for hydroxylation is 1. The van der Waals surface area contributed by atoms with Crippen LogP contribution in [0.1, 0.15) is 22.5 Å². The molecule has 0 unspecified atom stereocenters. The van der Waals surface area contributed by atoms with Crippen LogP contribution in [0.15, 0.2) is 192 Å². The molecule has 58 heavy (non-hydrogen) atoms. The van der Waals surface area contributed by atoms with E-state index in [1.807, 2.05) is 73.8 Å². The highest BCUT2D eigenvalue weighted by Crippen LogP contribution is 2.32. The summed E-state index contributed by atoms with van der Waals surface area (Å²) in [5.74, 6) is 3.49. The maximum absolute atomic E-state index is 9.67. The molecular weight excluding hydrogens is 760 g/mol. The molecule has 0 saturated carbocycles. The van der Waals surface area contributed by atoms with E-state index in [0.29, 0.717) is 0 Å². The number of benzene rings is 5. The van der Waals surface area contributed by atoms with E-state index in [1.54, 1.807) is 0 Å². The van der Waals surface area contributed by atoms with Gasteiger partial charge in [-0.25, -0.2) is 9.41 Å². The van der Waals surface area contributed by atoms with Gasteiger partial charge in [0.25, 0.3) is 0 Å². The number of hydrogen-bond acceptors (Lipinski definition) is 1. The van der Waals surface area contributed by atoms with Crippen LogP contribution in [0.5, 0.6) is 0 Å². The number of para-hydroxylation sites is 1. The smallest absolute Gasteiger partial charge is 0.762 e. The Hall–Kier alpha value is -6.75. The molecule has 5 aromatic carbocycles. The van der Waals surface area contributed by atoms with Gasteiger partial charge in [-0.15, -0.1) is 0 Å². The summed E-state index contributed by atoms with van der Waals surface area (Å²) < 4.78 is 70.1. The number of hydrogen-bond donors (Lipinski definition) is 1. The minimum Gasteiger partial charge on any atom is -1.00 e. The van der Waals surface area contributed by atoms with Gasteiger partial charge in [0.2, 0.25) is 5.69 Å². The zero-order valence-electron chi connectivity index (χ0n) is 30.9. The highest BCUT2D eigenvalue weighted by Gasteiger charge is 2.18. The van der Waals surface area contributed by atoms with Crippen molar-refractivity contribution in [3.63, 3.8) is 0 Å². The van der Waals surface area contributed by atoms with Crippen molar-refractivity contribution in [3.8, 4) is 22.5 Å². The minimum absolute atomic E-state index is 0. The highest BCUT2D eigenvalue weighted by atomic mass is 19.4. The van der Waals surface area contributed by atoms with Gasteiger partial charge >= 0.3 is 26.6 Å². The van der Waals surface area contributed by atoms with Crippen molar-refractivity contribution >= 4 is 43.9 Å². The van der Waals surface area contributed by atoms with Crippen molar-refractivity contribution in [2.24, 2.45) is 0 Å². The number of ether oxygens (including phenoxy) is 1. The minimum atomic E-state index is -3.67. The predicted molar refractivity (Wildman–Crippen MR) is 216 cm³/mol. The molecule has 1 aromatic heterocycles. The fraction of sp³-hybridized carbons (Fsp3) is 0.0222. The monoisotopic (exact) mass is 795 g/mol. The predicted octanol–water partition coefficient (Wildman–Crippen LogP) is 5.88. The zero-order chi connectivity index (χ0) is 39.7. The Morgan fingerprint density at radius 3 is 1.59 bits per heavy atom. The summed E-state index contributed by atoms with van der Waals surface area (Å²) in [7, 11) is -7.33. The molecule has 0 aliphatic carbocycles. The average molecular weight is 795 g/mol. The van der Waals surface area contributed by atoms with E-state index in [1.165, 1.54) is 22.3 Å². The van der Waals surface area contributed by atoms with Gasteiger partial charge < -0.3 is 14.1 Å². The molecular formula is C45H35B2F8NO2. The molecule has 0 amide bonds. The quantitative estimate of drug-likeness (QED) is 0.135. The molecule has 0 spiro atoms. The van der Waals surface area contributed by atoms with Crippen molar-refractivity contribution in [2.75, 3.05) is 0 Å². The summed E-state index contributed by atoms with van der Waals surface area (Å²) in [6.07, 6.45) is 10.4. The van der Waals surface area contributed by atoms with Gasteiger partial charge in [0.05, 0.1) is 29.7 Å². The highest BCUT2D eigenvalue weighted by molar-refractivity contribution is 6.33. The second-order valence-corrected chi connectivity index (χ2v) is 12.0. The van der Waals surface area contributed by atoms with E-state index in [4.69, 9.17) is 9.15 Å². The molecule has 0 fully saturated rings. The van der Waals surface area contributed by atoms with Crippen LogP contribution in [-0.4, -0.2) is 21.3 Å². The Kier molecular flexibility index (Phi) is 18.4. The Balaban J connectivity index is 0.000000268. The van der Waals surface area contributed by atoms with E-state index in [-0.39, 0.29) is 9.41 Å².